The highest BCUT2D eigenvalue weighted by molar-refractivity contribution is 5.68. The van der Waals surface area contributed by atoms with E-state index in [9.17, 15) is 4.79 Å². The van der Waals surface area contributed by atoms with Gasteiger partial charge in [0.05, 0.1) is 5.69 Å². The van der Waals surface area contributed by atoms with Gasteiger partial charge in [-0.1, -0.05) is 0 Å². The van der Waals surface area contributed by atoms with E-state index in [1.807, 2.05) is 20.8 Å². The van der Waals surface area contributed by atoms with Crippen LogP contribution in [-0.2, 0) is 11.2 Å². The van der Waals surface area contributed by atoms with Gasteiger partial charge in [0.25, 0.3) is 0 Å². The predicted octanol–water partition coefficient (Wildman–Crippen LogP) is 0.871. The first kappa shape index (κ1) is 14.4. The first-order valence-electron chi connectivity index (χ1n) is 5.85. The summed E-state index contributed by atoms with van der Waals surface area (Å²) in [6, 6.07) is -0.212. The lowest BCUT2D eigenvalue weighted by Crippen LogP contribution is -2.44. The number of carbonyl (C=O) groups is 1. The first-order chi connectivity index (χ1) is 8.40. The van der Waals surface area contributed by atoms with Crippen LogP contribution in [-0.4, -0.2) is 34.2 Å². The molecular weight excluding hydrogens is 232 g/mol. The van der Waals surface area contributed by atoms with Gasteiger partial charge in [-0.15, -0.1) is 0 Å². The van der Waals surface area contributed by atoms with Crippen LogP contribution < -0.4 is 11.1 Å². The number of ether oxygens (including phenoxy) is 1. The summed E-state index contributed by atoms with van der Waals surface area (Å²) in [5.41, 5.74) is 5.88. The fourth-order valence-corrected chi connectivity index (χ4v) is 1.36. The largest absolute Gasteiger partial charge is 0.444 e. The average molecular weight is 252 g/mol. The highest BCUT2D eigenvalue weighted by Gasteiger charge is 2.19. The summed E-state index contributed by atoms with van der Waals surface area (Å²) in [6.45, 7) is 5.75. The molecule has 6 nitrogen and oxygen atoms in total. The van der Waals surface area contributed by atoms with Crippen molar-refractivity contribution < 1.29 is 9.53 Å². The molecule has 1 rings (SSSR count). The van der Waals surface area contributed by atoms with Gasteiger partial charge in [-0.2, -0.15) is 0 Å². The molecule has 1 unspecified atom stereocenters. The molecule has 0 aromatic carbocycles. The minimum atomic E-state index is -0.518. The Morgan fingerprint density at radius 1 is 1.50 bits per heavy atom. The number of carbonyl (C=O) groups excluding carboxylic acids is 1. The SMILES string of the molecule is CC(C)(C)OC(=O)NC(CN)Cc1cnccn1. The quantitative estimate of drug-likeness (QED) is 0.830. The lowest BCUT2D eigenvalue weighted by molar-refractivity contribution is 0.0505. The molecule has 0 saturated heterocycles. The Morgan fingerprint density at radius 3 is 2.72 bits per heavy atom. The van der Waals surface area contributed by atoms with Crippen molar-refractivity contribution in [3.05, 3.63) is 24.3 Å². The van der Waals surface area contributed by atoms with Crippen LogP contribution in [0.3, 0.4) is 0 Å². The number of amides is 1. The molecule has 6 heteroatoms. The van der Waals surface area contributed by atoms with Crippen LogP contribution in [0, 0.1) is 0 Å². The fourth-order valence-electron chi connectivity index (χ4n) is 1.36. The molecule has 1 aromatic rings. The third kappa shape index (κ3) is 5.58. The molecular formula is C12H20N4O2. The molecule has 18 heavy (non-hydrogen) atoms. The summed E-state index contributed by atoms with van der Waals surface area (Å²) in [5.74, 6) is 0. The van der Waals surface area contributed by atoms with E-state index in [1.54, 1.807) is 18.6 Å². The fraction of sp³-hybridized carbons (Fsp3) is 0.583. The molecule has 1 amide bonds. The molecule has 1 aromatic heterocycles. The molecule has 0 spiro atoms. The second kappa shape index (κ2) is 6.30. The van der Waals surface area contributed by atoms with Gasteiger partial charge in [-0.25, -0.2) is 4.79 Å². The molecule has 100 valence electrons. The summed E-state index contributed by atoms with van der Waals surface area (Å²) in [5, 5.41) is 2.72. The molecule has 0 radical (unpaired) electrons. The van der Waals surface area contributed by atoms with Crippen molar-refractivity contribution in [1.82, 2.24) is 15.3 Å². The standard InChI is InChI=1S/C12H20N4O2/c1-12(2,3)18-11(17)16-9(7-13)6-10-8-14-4-5-15-10/h4-5,8-9H,6-7,13H2,1-3H3,(H,16,17). The number of rotatable bonds is 4. The minimum absolute atomic E-state index is 0.212. The van der Waals surface area contributed by atoms with Crippen LogP contribution in [0.4, 0.5) is 4.79 Å². The second-order valence-corrected chi connectivity index (χ2v) is 4.98. The average Bonchev–Trinajstić information content (AvgIpc) is 2.27. The molecule has 1 heterocycles. The van der Waals surface area contributed by atoms with E-state index >= 15 is 0 Å². The van der Waals surface area contributed by atoms with E-state index in [4.69, 9.17) is 10.5 Å². The molecule has 1 atom stereocenters. The van der Waals surface area contributed by atoms with Crippen molar-refractivity contribution in [3.63, 3.8) is 0 Å². The lowest BCUT2D eigenvalue weighted by Gasteiger charge is -2.22. The monoisotopic (exact) mass is 252 g/mol. The van der Waals surface area contributed by atoms with E-state index in [2.05, 4.69) is 15.3 Å². The van der Waals surface area contributed by atoms with E-state index in [0.717, 1.165) is 5.69 Å². The number of nitrogens with one attached hydrogen (secondary N) is 1. The third-order valence-corrected chi connectivity index (χ3v) is 2.08. The zero-order chi connectivity index (χ0) is 13.6. The zero-order valence-electron chi connectivity index (χ0n) is 11.0. The maximum Gasteiger partial charge on any atom is 0.407 e. The van der Waals surface area contributed by atoms with Gasteiger partial charge in [0.2, 0.25) is 0 Å². The van der Waals surface area contributed by atoms with E-state index in [-0.39, 0.29) is 6.04 Å². The zero-order valence-corrected chi connectivity index (χ0v) is 11.0. The Balaban J connectivity index is 2.50. The molecule has 0 aliphatic heterocycles. The van der Waals surface area contributed by atoms with Crippen molar-refractivity contribution in [2.24, 2.45) is 5.73 Å². The highest BCUT2D eigenvalue weighted by Crippen LogP contribution is 2.07. The van der Waals surface area contributed by atoms with Gasteiger partial charge in [0.15, 0.2) is 0 Å². The molecule has 0 aliphatic rings. The first-order valence-corrected chi connectivity index (χ1v) is 5.85. The van der Waals surface area contributed by atoms with Gasteiger partial charge in [-0.3, -0.25) is 9.97 Å². The Hall–Kier alpha value is -1.69. The highest BCUT2D eigenvalue weighted by atomic mass is 16.6. The van der Waals surface area contributed by atoms with Gasteiger partial charge in [-0.05, 0) is 20.8 Å². The maximum absolute atomic E-state index is 11.6. The number of hydrogen-bond acceptors (Lipinski definition) is 5. The van der Waals surface area contributed by atoms with Crippen LogP contribution in [0.2, 0.25) is 0 Å². The van der Waals surface area contributed by atoms with Gasteiger partial charge < -0.3 is 15.8 Å². The van der Waals surface area contributed by atoms with Crippen LogP contribution in [0.1, 0.15) is 26.5 Å². The summed E-state index contributed by atoms with van der Waals surface area (Å²) in [7, 11) is 0. The Morgan fingerprint density at radius 2 is 2.22 bits per heavy atom. The van der Waals surface area contributed by atoms with Crippen molar-refractivity contribution in [2.75, 3.05) is 6.54 Å². The third-order valence-electron chi connectivity index (χ3n) is 2.08. The van der Waals surface area contributed by atoms with Crippen LogP contribution in [0.25, 0.3) is 0 Å². The number of aromatic nitrogens is 2. The lowest BCUT2D eigenvalue weighted by atomic mass is 10.1. The minimum Gasteiger partial charge on any atom is -0.444 e. The van der Waals surface area contributed by atoms with Gasteiger partial charge in [0, 0.05) is 37.6 Å². The van der Waals surface area contributed by atoms with Crippen LogP contribution in [0.5, 0.6) is 0 Å². The van der Waals surface area contributed by atoms with Crippen molar-refractivity contribution in [2.45, 2.75) is 38.8 Å². The molecule has 0 fully saturated rings. The summed E-state index contributed by atoms with van der Waals surface area (Å²) in [6.07, 6.45) is 4.92. The molecule has 0 saturated carbocycles. The van der Waals surface area contributed by atoms with E-state index in [1.165, 1.54) is 0 Å². The summed E-state index contributed by atoms with van der Waals surface area (Å²) >= 11 is 0. The molecule has 0 aliphatic carbocycles. The topological polar surface area (TPSA) is 90.1 Å². The van der Waals surface area contributed by atoms with E-state index < -0.39 is 11.7 Å². The maximum atomic E-state index is 11.6. The van der Waals surface area contributed by atoms with Crippen LogP contribution >= 0.6 is 0 Å². The van der Waals surface area contributed by atoms with Crippen molar-refractivity contribution in [3.8, 4) is 0 Å². The number of alkyl carbamates (subject to hydrolysis) is 1. The Labute approximate surface area is 107 Å². The smallest absolute Gasteiger partial charge is 0.407 e. The van der Waals surface area contributed by atoms with Gasteiger partial charge in [0.1, 0.15) is 5.60 Å². The van der Waals surface area contributed by atoms with Crippen LogP contribution in [0.15, 0.2) is 18.6 Å². The van der Waals surface area contributed by atoms with Crippen molar-refractivity contribution in [1.29, 1.82) is 0 Å². The summed E-state index contributed by atoms with van der Waals surface area (Å²) in [4.78, 5) is 19.7. The van der Waals surface area contributed by atoms with Gasteiger partial charge >= 0.3 is 6.09 Å². The number of nitrogens with two attached hydrogens (primary N) is 1. The number of nitrogens with zero attached hydrogens (tertiary/aromatic N) is 2. The normalized spacial score (nSPS) is 12.9. The molecule has 0 bridgehead atoms. The summed E-state index contributed by atoms with van der Waals surface area (Å²) < 4.78 is 5.17. The second-order valence-electron chi connectivity index (χ2n) is 4.98. The van der Waals surface area contributed by atoms with Crippen molar-refractivity contribution >= 4 is 6.09 Å². The molecule has 3 N–H and O–H groups in total. The Kier molecular flexibility index (Phi) is 5.03. The Bertz CT molecular complexity index is 375. The predicted molar refractivity (Wildman–Crippen MR) is 67.9 cm³/mol. The van der Waals surface area contributed by atoms with E-state index in [0.29, 0.717) is 13.0 Å². The number of hydrogen-bond donors (Lipinski definition) is 2.